The molecule has 1 aromatic rings. The lowest BCUT2D eigenvalue weighted by molar-refractivity contribution is 0.0822. The summed E-state index contributed by atoms with van der Waals surface area (Å²) in [4.78, 5) is 20.1. The second-order valence-corrected chi connectivity index (χ2v) is 2.81. The van der Waals surface area contributed by atoms with E-state index in [0.717, 1.165) is 0 Å². The summed E-state index contributed by atoms with van der Waals surface area (Å²) in [7, 11) is 3.30. The Kier molecular flexibility index (Phi) is 2.60. The third kappa shape index (κ3) is 1.92. The molecule has 1 rings (SSSR count). The molecule has 0 aliphatic heterocycles. The first-order valence-electron chi connectivity index (χ1n) is 3.30. The molecule has 0 fully saturated rings. The van der Waals surface area contributed by atoms with Crippen LogP contribution in [-0.2, 0) is 0 Å². The monoisotopic (exact) mass is 185 g/mol. The zero-order valence-electron chi connectivity index (χ0n) is 6.78. The van der Waals surface area contributed by atoms with Gasteiger partial charge >= 0.3 is 0 Å². The van der Waals surface area contributed by atoms with Crippen LogP contribution < -0.4 is 0 Å². The molecule has 0 radical (unpaired) electrons. The van der Waals surface area contributed by atoms with E-state index in [-0.39, 0.29) is 11.1 Å². The van der Waals surface area contributed by atoms with E-state index < -0.39 is 0 Å². The van der Waals surface area contributed by atoms with Crippen LogP contribution in [-0.4, -0.2) is 34.9 Å². The normalized spacial score (nSPS) is 9.58. The first-order chi connectivity index (χ1) is 5.61. The van der Waals surface area contributed by atoms with E-state index in [4.69, 9.17) is 11.6 Å². The van der Waals surface area contributed by atoms with Crippen molar-refractivity contribution in [2.75, 3.05) is 14.1 Å². The van der Waals surface area contributed by atoms with E-state index in [1.807, 2.05) is 0 Å². The minimum absolute atomic E-state index is 0.181. The molecule has 0 aromatic carbocycles. The Labute approximate surface area is 75.2 Å². The standard InChI is InChI=1S/C7H8ClN3O/c1-11(2)7(12)5-3-6(8)10-4-9-5/h3-4H,1-2H3. The molecule has 0 aliphatic carbocycles. The summed E-state index contributed by atoms with van der Waals surface area (Å²) in [5.74, 6) is -0.181. The molecule has 0 atom stereocenters. The van der Waals surface area contributed by atoms with Crippen molar-refractivity contribution in [1.29, 1.82) is 0 Å². The van der Waals surface area contributed by atoms with Crippen LogP contribution in [0.2, 0.25) is 5.15 Å². The zero-order chi connectivity index (χ0) is 9.14. The van der Waals surface area contributed by atoms with E-state index in [0.29, 0.717) is 5.69 Å². The van der Waals surface area contributed by atoms with Crippen LogP contribution in [0, 0.1) is 0 Å². The smallest absolute Gasteiger partial charge is 0.272 e. The van der Waals surface area contributed by atoms with Crippen molar-refractivity contribution in [1.82, 2.24) is 14.9 Å². The Morgan fingerprint density at radius 3 is 2.67 bits per heavy atom. The maximum absolute atomic E-state index is 11.3. The number of halogens is 1. The van der Waals surface area contributed by atoms with Crippen LogP contribution in [0.1, 0.15) is 10.5 Å². The largest absolute Gasteiger partial charge is 0.343 e. The molecule has 0 aliphatic rings. The number of aromatic nitrogens is 2. The fraction of sp³-hybridized carbons (Fsp3) is 0.286. The maximum atomic E-state index is 11.3. The Morgan fingerprint density at radius 1 is 1.50 bits per heavy atom. The Morgan fingerprint density at radius 2 is 2.17 bits per heavy atom. The van der Waals surface area contributed by atoms with Gasteiger partial charge in [-0.3, -0.25) is 4.79 Å². The average molecular weight is 186 g/mol. The van der Waals surface area contributed by atoms with E-state index in [1.165, 1.54) is 17.3 Å². The quantitative estimate of drug-likeness (QED) is 0.609. The van der Waals surface area contributed by atoms with Crippen molar-refractivity contribution < 1.29 is 4.79 Å². The first-order valence-corrected chi connectivity index (χ1v) is 3.68. The molecular weight excluding hydrogens is 178 g/mol. The van der Waals surface area contributed by atoms with E-state index >= 15 is 0 Å². The van der Waals surface area contributed by atoms with E-state index in [2.05, 4.69) is 9.97 Å². The molecule has 0 N–H and O–H groups in total. The van der Waals surface area contributed by atoms with Crippen molar-refractivity contribution in [3.05, 3.63) is 23.2 Å². The lowest BCUT2D eigenvalue weighted by atomic mass is 10.4. The lowest BCUT2D eigenvalue weighted by Gasteiger charge is -2.08. The maximum Gasteiger partial charge on any atom is 0.272 e. The summed E-state index contributed by atoms with van der Waals surface area (Å²) in [6, 6.07) is 1.43. The minimum Gasteiger partial charge on any atom is -0.343 e. The van der Waals surface area contributed by atoms with Gasteiger partial charge in [0.05, 0.1) is 0 Å². The molecule has 1 amide bonds. The van der Waals surface area contributed by atoms with E-state index in [9.17, 15) is 4.79 Å². The molecule has 0 bridgehead atoms. The summed E-state index contributed by atoms with van der Waals surface area (Å²) in [6.07, 6.45) is 1.26. The third-order valence-electron chi connectivity index (χ3n) is 1.26. The van der Waals surface area contributed by atoms with Gasteiger partial charge in [-0.25, -0.2) is 9.97 Å². The van der Waals surface area contributed by atoms with Crippen LogP contribution in [0.4, 0.5) is 0 Å². The lowest BCUT2D eigenvalue weighted by Crippen LogP contribution is -2.22. The number of carbonyl (C=O) groups is 1. The van der Waals surface area contributed by atoms with Crippen LogP contribution in [0.3, 0.4) is 0 Å². The molecule has 12 heavy (non-hydrogen) atoms. The highest BCUT2D eigenvalue weighted by Gasteiger charge is 2.09. The highest BCUT2D eigenvalue weighted by molar-refractivity contribution is 6.29. The molecule has 0 saturated heterocycles. The molecule has 0 unspecified atom stereocenters. The Hall–Kier alpha value is -1.16. The van der Waals surface area contributed by atoms with Gasteiger partial charge < -0.3 is 4.90 Å². The van der Waals surface area contributed by atoms with Gasteiger partial charge in [-0.05, 0) is 0 Å². The fourth-order valence-corrected chi connectivity index (χ4v) is 0.827. The minimum atomic E-state index is -0.181. The molecule has 1 aromatic heterocycles. The highest BCUT2D eigenvalue weighted by atomic mass is 35.5. The van der Waals surface area contributed by atoms with Gasteiger partial charge in [0, 0.05) is 20.2 Å². The van der Waals surface area contributed by atoms with Gasteiger partial charge in [0.15, 0.2) is 0 Å². The molecule has 4 nitrogen and oxygen atoms in total. The van der Waals surface area contributed by atoms with Gasteiger partial charge in [-0.1, -0.05) is 11.6 Å². The van der Waals surface area contributed by atoms with Crippen molar-refractivity contribution in [2.45, 2.75) is 0 Å². The second kappa shape index (κ2) is 3.49. The summed E-state index contributed by atoms with van der Waals surface area (Å²) in [5, 5.41) is 0.273. The Bertz CT molecular complexity index is 300. The molecule has 0 spiro atoms. The number of rotatable bonds is 1. The fourth-order valence-electron chi connectivity index (χ4n) is 0.680. The van der Waals surface area contributed by atoms with Gasteiger partial charge in [0.25, 0.3) is 5.91 Å². The second-order valence-electron chi connectivity index (χ2n) is 2.43. The molecule has 0 saturated carbocycles. The highest BCUT2D eigenvalue weighted by Crippen LogP contribution is 2.05. The number of amides is 1. The molecule has 5 heteroatoms. The SMILES string of the molecule is CN(C)C(=O)c1cc(Cl)ncn1. The molecular formula is C7H8ClN3O. The summed E-state index contributed by atoms with van der Waals surface area (Å²) >= 11 is 5.57. The van der Waals surface area contributed by atoms with Crippen molar-refractivity contribution in [3.8, 4) is 0 Å². The van der Waals surface area contributed by atoms with Crippen LogP contribution in [0.15, 0.2) is 12.4 Å². The Balaban J connectivity index is 2.96. The van der Waals surface area contributed by atoms with Gasteiger partial charge in [-0.15, -0.1) is 0 Å². The topological polar surface area (TPSA) is 46.1 Å². The number of carbonyl (C=O) groups excluding carboxylic acids is 1. The summed E-state index contributed by atoms with van der Waals surface area (Å²) in [5.41, 5.74) is 0.306. The number of nitrogens with zero attached hydrogens (tertiary/aromatic N) is 3. The third-order valence-corrected chi connectivity index (χ3v) is 1.47. The van der Waals surface area contributed by atoms with Crippen molar-refractivity contribution >= 4 is 17.5 Å². The number of hydrogen-bond donors (Lipinski definition) is 0. The average Bonchev–Trinajstić information content (AvgIpc) is 2.03. The summed E-state index contributed by atoms with van der Waals surface area (Å²) in [6.45, 7) is 0. The van der Waals surface area contributed by atoms with Crippen LogP contribution in [0.25, 0.3) is 0 Å². The predicted octanol–water partition coefficient (Wildman–Crippen LogP) is 0.832. The van der Waals surface area contributed by atoms with Gasteiger partial charge in [-0.2, -0.15) is 0 Å². The van der Waals surface area contributed by atoms with Gasteiger partial charge in [0.2, 0.25) is 0 Å². The van der Waals surface area contributed by atoms with Crippen LogP contribution in [0.5, 0.6) is 0 Å². The predicted molar refractivity (Wildman–Crippen MR) is 45.1 cm³/mol. The molecule has 1 heterocycles. The number of hydrogen-bond acceptors (Lipinski definition) is 3. The summed E-state index contributed by atoms with van der Waals surface area (Å²) < 4.78 is 0. The van der Waals surface area contributed by atoms with Crippen molar-refractivity contribution in [3.63, 3.8) is 0 Å². The first kappa shape index (κ1) is 8.93. The van der Waals surface area contributed by atoms with Crippen LogP contribution >= 0.6 is 11.6 Å². The van der Waals surface area contributed by atoms with E-state index in [1.54, 1.807) is 14.1 Å². The van der Waals surface area contributed by atoms with Crippen molar-refractivity contribution in [2.24, 2.45) is 0 Å². The molecule has 64 valence electrons. The zero-order valence-corrected chi connectivity index (χ0v) is 7.54. The van der Waals surface area contributed by atoms with Gasteiger partial charge in [0.1, 0.15) is 17.2 Å².